The van der Waals surface area contributed by atoms with Crippen LogP contribution in [0.5, 0.6) is 0 Å². The van der Waals surface area contributed by atoms with Crippen molar-refractivity contribution in [2.24, 2.45) is 0 Å². The van der Waals surface area contributed by atoms with Gasteiger partial charge in [-0.15, -0.1) is 0 Å². The standard InChI is InChI=1S/C17H21ClN4O3S/c1-12-16(13(2)20-19-12)26(24,25)22-8-4-7-21(9-10-22)17(23)14-5-3-6-15(18)11-14/h3,5-6,11H,4,7-10H2,1-2H3,(H,19,20). The number of sulfonamides is 1. The Bertz CT molecular complexity index is 906. The predicted octanol–water partition coefficient (Wildman–Crippen LogP) is 2.22. The van der Waals surface area contributed by atoms with Crippen LogP contribution in [0, 0.1) is 13.8 Å². The van der Waals surface area contributed by atoms with E-state index in [1.165, 1.54) is 4.31 Å². The van der Waals surface area contributed by atoms with E-state index in [1.54, 1.807) is 43.0 Å². The highest BCUT2D eigenvalue weighted by molar-refractivity contribution is 7.89. The molecule has 1 aromatic carbocycles. The predicted molar refractivity (Wildman–Crippen MR) is 98.8 cm³/mol. The minimum Gasteiger partial charge on any atom is -0.337 e. The summed E-state index contributed by atoms with van der Waals surface area (Å²) in [7, 11) is -3.64. The van der Waals surface area contributed by atoms with Crippen LogP contribution in [-0.2, 0) is 10.0 Å². The van der Waals surface area contributed by atoms with Gasteiger partial charge in [0.25, 0.3) is 5.91 Å². The molecule has 140 valence electrons. The Morgan fingerprint density at radius 1 is 1.19 bits per heavy atom. The topological polar surface area (TPSA) is 86.4 Å². The number of benzene rings is 1. The second-order valence-electron chi connectivity index (χ2n) is 6.32. The van der Waals surface area contributed by atoms with Gasteiger partial charge in [-0.05, 0) is 38.5 Å². The number of nitrogens with zero attached hydrogens (tertiary/aromatic N) is 3. The smallest absolute Gasteiger partial charge is 0.253 e. The van der Waals surface area contributed by atoms with Gasteiger partial charge in [0.05, 0.1) is 11.4 Å². The number of aromatic amines is 1. The average Bonchev–Trinajstić information content (AvgIpc) is 2.81. The molecular formula is C17H21ClN4O3S. The van der Waals surface area contributed by atoms with E-state index >= 15 is 0 Å². The first-order valence-corrected chi connectivity index (χ1v) is 10.2. The Kier molecular flexibility index (Phi) is 5.36. The van der Waals surface area contributed by atoms with Crippen molar-refractivity contribution in [2.75, 3.05) is 26.2 Å². The molecule has 2 aromatic rings. The summed E-state index contributed by atoms with van der Waals surface area (Å²) < 4.78 is 27.4. The van der Waals surface area contributed by atoms with Gasteiger partial charge in [-0.2, -0.15) is 9.40 Å². The largest absolute Gasteiger partial charge is 0.337 e. The molecule has 0 radical (unpaired) electrons. The fraction of sp³-hybridized carbons (Fsp3) is 0.412. The molecule has 3 rings (SSSR count). The summed E-state index contributed by atoms with van der Waals surface area (Å²) in [5, 5.41) is 7.20. The highest BCUT2D eigenvalue weighted by atomic mass is 35.5. The molecule has 9 heteroatoms. The van der Waals surface area contributed by atoms with E-state index in [4.69, 9.17) is 11.6 Å². The van der Waals surface area contributed by atoms with Crippen molar-refractivity contribution in [3.8, 4) is 0 Å². The van der Waals surface area contributed by atoms with Gasteiger partial charge in [0, 0.05) is 36.8 Å². The van der Waals surface area contributed by atoms with Crippen LogP contribution in [0.25, 0.3) is 0 Å². The fourth-order valence-electron chi connectivity index (χ4n) is 3.19. The van der Waals surface area contributed by atoms with Gasteiger partial charge in [-0.25, -0.2) is 8.42 Å². The number of hydrogen-bond acceptors (Lipinski definition) is 4. The summed E-state index contributed by atoms with van der Waals surface area (Å²) in [5.74, 6) is -0.137. The zero-order chi connectivity index (χ0) is 18.9. The van der Waals surface area contributed by atoms with Crippen LogP contribution in [-0.4, -0.2) is 59.9 Å². The zero-order valence-corrected chi connectivity index (χ0v) is 16.3. The number of hydrogen-bond donors (Lipinski definition) is 1. The monoisotopic (exact) mass is 396 g/mol. The number of H-pyrrole nitrogens is 1. The van der Waals surface area contributed by atoms with E-state index in [1.807, 2.05) is 0 Å². The Hall–Kier alpha value is -1.90. The molecule has 0 spiro atoms. The van der Waals surface area contributed by atoms with Gasteiger partial charge in [-0.1, -0.05) is 17.7 Å². The van der Waals surface area contributed by atoms with Gasteiger partial charge in [0.15, 0.2) is 0 Å². The maximum absolute atomic E-state index is 13.0. The molecule has 2 heterocycles. The normalized spacial score (nSPS) is 16.5. The lowest BCUT2D eigenvalue weighted by atomic mass is 10.2. The minimum atomic E-state index is -3.64. The number of amides is 1. The van der Waals surface area contributed by atoms with E-state index < -0.39 is 10.0 Å². The molecule has 1 N–H and O–H groups in total. The number of rotatable bonds is 3. The van der Waals surface area contributed by atoms with Crippen LogP contribution in [0.2, 0.25) is 5.02 Å². The molecule has 0 unspecified atom stereocenters. The van der Waals surface area contributed by atoms with Crippen molar-refractivity contribution in [2.45, 2.75) is 25.2 Å². The van der Waals surface area contributed by atoms with Gasteiger partial charge in [0.2, 0.25) is 10.0 Å². The number of aromatic nitrogens is 2. The first-order valence-electron chi connectivity index (χ1n) is 8.37. The maximum atomic E-state index is 13.0. The fourth-order valence-corrected chi connectivity index (χ4v) is 5.18. The summed E-state index contributed by atoms with van der Waals surface area (Å²) in [5.41, 5.74) is 1.49. The summed E-state index contributed by atoms with van der Waals surface area (Å²) in [4.78, 5) is 14.6. The van der Waals surface area contributed by atoms with Crippen molar-refractivity contribution >= 4 is 27.5 Å². The van der Waals surface area contributed by atoms with E-state index in [0.717, 1.165) is 0 Å². The van der Waals surface area contributed by atoms with Crippen molar-refractivity contribution in [1.82, 2.24) is 19.4 Å². The Morgan fingerprint density at radius 2 is 1.96 bits per heavy atom. The first-order chi connectivity index (χ1) is 12.3. The molecule has 0 bridgehead atoms. The van der Waals surface area contributed by atoms with Crippen molar-refractivity contribution in [3.05, 3.63) is 46.2 Å². The molecule has 1 aromatic heterocycles. The second-order valence-corrected chi connectivity index (χ2v) is 8.63. The molecule has 1 amide bonds. The summed E-state index contributed by atoms with van der Waals surface area (Å²) in [6.45, 7) is 4.81. The molecule has 0 atom stereocenters. The molecule has 0 aliphatic carbocycles. The molecule has 1 saturated heterocycles. The lowest BCUT2D eigenvalue weighted by molar-refractivity contribution is 0.0764. The third kappa shape index (κ3) is 3.62. The average molecular weight is 397 g/mol. The number of carbonyl (C=O) groups is 1. The number of carbonyl (C=O) groups excluding carboxylic acids is 1. The van der Waals surface area contributed by atoms with Gasteiger partial charge in [0.1, 0.15) is 4.90 Å². The van der Waals surface area contributed by atoms with E-state index in [0.29, 0.717) is 48.0 Å². The molecular weight excluding hydrogens is 376 g/mol. The van der Waals surface area contributed by atoms with Crippen LogP contribution >= 0.6 is 11.6 Å². The second kappa shape index (κ2) is 7.38. The quantitative estimate of drug-likeness (QED) is 0.861. The third-order valence-electron chi connectivity index (χ3n) is 4.47. The Labute approximate surface area is 158 Å². The first kappa shape index (κ1) is 18.9. The highest BCUT2D eigenvalue weighted by Gasteiger charge is 2.32. The summed E-state index contributed by atoms with van der Waals surface area (Å²) in [6.07, 6.45) is 0.571. The summed E-state index contributed by atoms with van der Waals surface area (Å²) in [6, 6.07) is 6.78. The van der Waals surface area contributed by atoms with E-state index in [2.05, 4.69) is 10.2 Å². The van der Waals surface area contributed by atoms with E-state index in [9.17, 15) is 13.2 Å². The molecule has 26 heavy (non-hydrogen) atoms. The Balaban J connectivity index is 1.77. The van der Waals surface area contributed by atoms with Crippen molar-refractivity contribution in [1.29, 1.82) is 0 Å². The lowest BCUT2D eigenvalue weighted by Crippen LogP contribution is -2.37. The van der Waals surface area contributed by atoms with Crippen molar-refractivity contribution in [3.63, 3.8) is 0 Å². The maximum Gasteiger partial charge on any atom is 0.253 e. The molecule has 0 saturated carbocycles. The molecule has 1 aliphatic rings. The zero-order valence-electron chi connectivity index (χ0n) is 14.7. The number of nitrogens with one attached hydrogen (secondary N) is 1. The van der Waals surface area contributed by atoms with Crippen LogP contribution in [0.4, 0.5) is 0 Å². The van der Waals surface area contributed by atoms with Crippen LogP contribution in [0.3, 0.4) is 0 Å². The lowest BCUT2D eigenvalue weighted by Gasteiger charge is -2.22. The third-order valence-corrected chi connectivity index (χ3v) is 6.87. The van der Waals surface area contributed by atoms with Gasteiger partial charge >= 0.3 is 0 Å². The minimum absolute atomic E-state index is 0.137. The van der Waals surface area contributed by atoms with E-state index in [-0.39, 0.29) is 17.3 Å². The number of halogens is 1. The molecule has 7 nitrogen and oxygen atoms in total. The molecule has 1 fully saturated rings. The molecule has 1 aliphatic heterocycles. The van der Waals surface area contributed by atoms with Crippen LogP contribution in [0.15, 0.2) is 29.2 Å². The Morgan fingerprint density at radius 3 is 2.62 bits per heavy atom. The van der Waals surface area contributed by atoms with Crippen molar-refractivity contribution < 1.29 is 13.2 Å². The summed E-state index contributed by atoms with van der Waals surface area (Å²) >= 11 is 5.96. The van der Waals surface area contributed by atoms with Gasteiger partial charge < -0.3 is 4.90 Å². The van der Waals surface area contributed by atoms with Gasteiger partial charge in [-0.3, -0.25) is 9.89 Å². The van der Waals surface area contributed by atoms with Crippen LogP contribution < -0.4 is 0 Å². The SMILES string of the molecule is Cc1n[nH]c(C)c1S(=O)(=O)N1CCCN(C(=O)c2cccc(Cl)c2)CC1. The highest BCUT2D eigenvalue weighted by Crippen LogP contribution is 2.23. The number of aryl methyl sites for hydroxylation is 2. The van der Waals surface area contributed by atoms with Crippen LogP contribution in [0.1, 0.15) is 28.2 Å².